The van der Waals surface area contributed by atoms with Gasteiger partial charge in [-0.2, -0.15) is 0 Å². The van der Waals surface area contributed by atoms with E-state index in [0.717, 1.165) is 4.90 Å². The van der Waals surface area contributed by atoms with E-state index in [1.807, 2.05) is 24.5 Å². The predicted molar refractivity (Wildman–Crippen MR) is 80.7 cm³/mol. The first kappa shape index (κ1) is 15.7. The van der Waals surface area contributed by atoms with E-state index in [-0.39, 0.29) is 13.2 Å². The molecule has 3 N–H and O–H groups in total. The van der Waals surface area contributed by atoms with Gasteiger partial charge >= 0.3 is 12.0 Å². The summed E-state index contributed by atoms with van der Waals surface area (Å²) < 4.78 is 5.19. The Balaban J connectivity index is 2.00. The molecule has 1 aliphatic rings. The van der Waals surface area contributed by atoms with Crippen molar-refractivity contribution in [1.82, 2.24) is 5.32 Å². The van der Waals surface area contributed by atoms with Crippen molar-refractivity contribution in [2.24, 2.45) is 5.41 Å². The topological polar surface area (TPSA) is 87.7 Å². The standard InChI is InChI=1S/C14H18N2O4S/c1-14(12(17)18)8-20-7-11(14)16-13(19)15-9-4-3-5-10(6-9)21-2/h3-6,11H,7-8H2,1-2H3,(H,17,18)(H2,15,16,19). The zero-order chi connectivity index (χ0) is 15.5. The Morgan fingerprint density at radius 2 is 2.24 bits per heavy atom. The maximum absolute atomic E-state index is 12.0. The third-order valence-corrected chi connectivity index (χ3v) is 4.30. The maximum Gasteiger partial charge on any atom is 0.319 e. The molecule has 6 nitrogen and oxygen atoms in total. The third-order valence-electron chi connectivity index (χ3n) is 3.58. The van der Waals surface area contributed by atoms with Crippen molar-refractivity contribution in [1.29, 1.82) is 0 Å². The first-order valence-electron chi connectivity index (χ1n) is 6.48. The van der Waals surface area contributed by atoms with Crippen molar-refractivity contribution >= 4 is 29.4 Å². The van der Waals surface area contributed by atoms with Gasteiger partial charge in [0.15, 0.2) is 0 Å². The molecule has 2 unspecified atom stereocenters. The summed E-state index contributed by atoms with van der Waals surface area (Å²) in [5.74, 6) is -0.977. The maximum atomic E-state index is 12.0. The van der Waals surface area contributed by atoms with Gasteiger partial charge in [0.1, 0.15) is 5.41 Å². The highest BCUT2D eigenvalue weighted by atomic mass is 32.2. The van der Waals surface area contributed by atoms with Crippen LogP contribution in [-0.4, -0.2) is 42.6 Å². The number of urea groups is 1. The lowest BCUT2D eigenvalue weighted by molar-refractivity contribution is -0.148. The number of carboxylic acid groups (broad SMARTS) is 1. The molecule has 0 aromatic heterocycles. The van der Waals surface area contributed by atoms with Crippen molar-refractivity contribution in [2.75, 3.05) is 24.8 Å². The minimum Gasteiger partial charge on any atom is -0.481 e. The summed E-state index contributed by atoms with van der Waals surface area (Å²) in [5, 5.41) is 14.6. The number of hydrogen-bond acceptors (Lipinski definition) is 4. The summed E-state index contributed by atoms with van der Waals surface area (Å²) in [4.78, 5) is 24.3. The minimum absolute atomic E-state index is 0.0925. The Hall–Kier alpha value is -1.73. The lowest BCUT2D eigenvalue weighted by atomic mass is 9.85. The number of rotatable bonds is 4. The summed E-state index contributed by atoms with van der Waals surface area (Å²) in [6.45, 7) is 1.86. The first-order chi connectivity index (χ1) is 9.95. The summed E-state index contributed by atoms with van der Waals surface area (Å²) in [5.41, 5.74) is -0.436. The SMILES string of the molecule is CSc1cccc(NC(=O)NC2COCC2(C)C(=O)O)c1. The molecule has 0 saturated carbocycles. The molecule has 0 aliphatic carbocycles. The molecule has 7 heteroatoms. The van der Waals surface area contributed by atoms with Gasteiger partial charge in [-0.15, -0.1) is 11.8 Å². The predicted octanol–water partition coefficient (Wildman–Crippen LogP) is 2.02. The second-order valence-corrected chi connectivity index (χ2v) is 6.00. The van der Waals surface area contributed by atoms with Gasteiger partial charge in [0.25, 0.3) is 0 Å². The molecule has 0 radical (unpaired) electrons. The molecule has 0 bridgehead atoms. The Morgan fingerprint density at radius 1 is 1.48 bits per heavy atom. The number of carbonyl (C=O) groups excluding carboxylic acids is 1. The number of amides is 2. The molecule has 2 atom stereocenters. The average molecular weight is 310 g/mol. The van der Waals surface area contributed by atoms with Crippen LogP contribution in [0.3, 0.4) is 0 Å². The number of aliphatic carboxylic acids is 1. The molecule has 2 amide bonds. The van der Waals surface area contributed by atoms with E-state index in [4.69, 9.17) is 4.74 Å². The Kier molecular flexibility index (Phi) is 4.74. The van der Waals surface area contributed by atoms with Crippen LogP contribution in [0.25, 0.3) is 0 Å². The lowest BCUT2D eigenvalue weighted by Crippen LogP contribution is -2.50. The quantitative estimate of drug-likeness (QED) is 0.741. The Morgan fingerprint density at radius 3 is 2.90 bits per heavy atom. The fourth-order valence-corrected chi connectivity index (χ4v) is 2.57. The number of hydrogen-bond donors (Lipinski definition) is 3. The second kappa shape index (κ2) is 6.36. The number of thioether (sulfide) groups is 1. The summed E-state index contributed by atoms with van der Waals surface area (Å²) in [6.07, 6.45) is 1.95. The minimum atomic E-state index is -1.10. The van der Waals surface area contributed by atoms with Crippen LogP contribution < -0.4 is 10.6 Å². The number of ether oxygens (including phenoxy) is 1. The van der Waals surface area contributed by atoms with Crippen LogP contribution in [0.1, 0.15) is 6.92 Å². The molecule has 0 spiro atoms. The van der Waals surface area contributed by atoms with Crippen molar-refractivity contribution < 1.29 is 19.4 Å². The molecule has 114 valence electrons. The average Bonchev–Trinajstić information content (AvgIpc) is 2.81. The van der Waals surface area contributed by atoms with Crippen LogP contribution in [0.4, 0.5) is 10.5 Å². The molecule has 1 fully saturated rings. The smallest absolute Gasteiger partial charge is 0.319 e. The highest BCUT2D eigenvalue weighted by Gasteiger charge is 2.47. The van der Waals surface area contributed by atoms with Gasteiger partial charge in [-0.3, -0.25) is 4.79 Å². The highest BCUT2D eigenvalue weighted by Crippen LogP contribution is 2.28. The van der Waals surface area contributed by atoms with Crippen LogP contribution in [0.15, 0.2) is 29.2 Å². The van der Waals surface area contributed by atoms with E-state index in [1.165, 1.54) is 0 Å². The van der Waals surface area contributed by atoms with Crippen molar-refractivity contribution in [3.05, 3.63) is 24.3 Å². The van der Waals surface area contributed by atoms with Crippen molar-refractivity contribution in [3.63, 3.8) is 0 Å². The monoisotopic (exact) mass is 310 g/mol. The van der Waals surface area contributed by atoms with Gasteiger partial charge in [0, 0.05) is 10.6 Å². The van der Waals surface area contributed by atoms with Crippen LogP contribution in [0.5, 0.6) is 0 Å². The van der Waals surface area contributed by atoms with E-state index < -0.39 is 23.5 Å². The van der Waals surface area contributed by atoms with Crippen LogP contribution in [0.2, 0.25) is 0 Å². The largest absolute Gasteiger partial charge is 0.481 e. The fraction of sp³-hybridized carbons (Fsp3) is 0.429. The van der Waals surface area contributed by atoms with E-state index >= 15 is 0 Å². The second-order valence-electron chi connectivity index (χ2n) is 5.12. The van der Waals surface area contributed by atoms with Crippen molar-refractivity contribution in [3.8, 4) is 0 Å². The third kappa shape index (κ3) is 3.48. The van der Waals surface area contributed by atoms with Gasteiger partial charge in [-0.05, 0) is 31.4 Å². The number of benzene rings is 1. The zero-order valence-electron chi connectivity index (χ0n) is 11.9. The molecule has 1 aromatic carbocycles. The number of anilines is 1. The molecule has 1 heterocycles. The summed E-state index contributed by atoms with van der Waals surface area (Å²) >= 11 is 1.58. The van der Waals surface area contributed by atoms with E-state index in [0.29, 0.717) is 5.69 Å². The summed E-state index contributed by atoms with van der Waals surface area (Å²) in [7, 11) is 0. The molecular weight excluding hydrogens is 292 g/mol. The van der Waals surface area contributed by atoms with Gasteiger partial charge in [-0.25, -0.2) is 4.79 Å². The van der Waals surface area contributed by atoms with Crippen LogP contribution in [0, 0.1) is 5.41 Å². The summed E-state index contributed by atoms with van der Waals surface area (Å²) in [6, 6.07) is 6.43. The van der Waals surface area contributed by atoms with Crippen LogP contribution in [-0.2, 0) is 9.53 Å². The fourth-order valence-electron chi connectivity index (χ4n) is 2.11. The molecule has 1 aromatic rings. The molecule has 1 saturated heterocycles. The molecular formula is C14H18N2O4S. The lowest BCUT2D eigenvalue weighted by Gasteiger charge is -2.25. The van der Waals surface area contributed by atoms with Gasteiger partial charge in [-0.1, -0.05) is 6.07 Å². The Labute approximate surface area is 127 Å². The normalized spacial score (nSPS) is 24.6. The van der Waals surface area contributed by atoms with Gasteiger partial charge in [0.2, 0.25) is 0 Å². The number of nitrogens with one attached hydrogen (secondary N) is 2. The van der Waals surface area contributed by atoms with E-state index in [9.17, 15) is 14.7 Å². The zero-order valence-corrected chi connectivity index (χ0v) is 12.7. The highest BCUT2D eigenvalue weighted by molar-refractivity contribution is 7.98. The van der Waals surface area contributed by atoms with E-state index in [1.54, 1.807) is 24.8 Å². The molecule has 21 heavy (non-hydrogen) atoms. The molecule has 1 aliphatic heterocycles. The van der Waals surface area contributed by atoms with Gasteiger partial charge < -0.3 is 20.5 Å². The number of carbonyl (C=O) groups is 2. The molecule has 2 rings (SSSR count). The first-order valence-corrected chi connectivity index (χ1v) is 7.71. The van der Waals surface area contributed by atoms with Crippen LogP contribution >= 0.6 is 11.8 Å². The number of carboxylic acids is 1. The van der Waals surface area contributed by atoms with Gasteiger partial charge in [0.05, 0.1) is 19.3 Å². The van der Waals surface area contributed by atoms with E-state index in [2.05, 4.69) is 10.6 Å². The van der Waals surface area contributed by atoms with Crippen molar-refractivity contribution in [2.45, 2.75) is 17.9 Å². The Bertz CT molecular complexity index is 552.